The quantitative estimate of drug-likeness (QED) is 0.592. The van der Waals surface area contributed by atoms with Crippen molar-refractivity contribution < 1.29 is 22.0 Å². The van der Waals surface area contributed by atoms with Crippen molar-refractivity contribution >= 4 is 27.5 Å². The van der Waals surface area contributed by atoms with Crippen LogP contribution < -0.4 is 0 Å². The van der Waals surface area contributed by atoms with Crippen molar-refractivity contribution in [2.45, 2.75) is 4.90 Å². The predicted octanol–water partition coefficient (Wildman–Crippen LogP) is 2.95. The van der Waals surface area contributed by atoms with E-state index < -0.39 is 21.7 Å². The first-order valence-electron chi connectivity index (χ1n) is 9.32. The van der Waals surface area contributed by atoms with E-state index in [1.807, 2.05) is 0 Å². The lowest BCUT2D eigenvalue weighted by molar-refractivity contribution is 0.0691. The van der Waals surface area contributed by atoms with E-state index in [0.717, 1.165) is 16.4 Å². The van der Waals surface area contributed by atoms with E-state index in [0.29, 0.717) is 16.8 Å². The highest BCUT2D eigenvalue weighted by molar-refractivity contribution is 7.89. The summed E-state index contributed by atoms with van der Waals surface area (Å²) in [5.41, 5.74) is 0.922. The third-order valence-corrected chi connectivity index (χ3v) is 7.07. The number of carbonyl (C=O) groups is 1. The molecular formula is C20H17ClF2N4O3S. The molecule has 1 fully saturated rings. The van der Waals surface area contributed by atoms with Gasteiger partial charge in [0.25, 0.3) is 5.91 Å². The van der Waals surface area contributed by atoms with Gasteiger partial charge in [-0.15, -0.1) is 0 Å². The number of nitrogens with zero attached hydrogens (tertiary/aromatic N) is 4. The van der Waals surface area contributed by atoms with E-state index >= 15 is 0 Å². The highest BCUT2D eigenvalue weighted by atomic mass is 35.5. The fourth-order valence-electron chi connectivity index (χ4n) is 3.28. The van der Waals surface area contributed by atoms with Crippen LogP contribution in [0.4, 0.5) is 8.78 Å². The molecule has 0 radical (unpaired) electrons. The zero-order valence-electron chi connectivity index (χ0n) is 16.1. The Bertz CT molecular complexity index is 1240. The molecule has 0 unspecified atom stereocenters. The second kappa shape index (κ2) is 8.37. The molecule has 4 rings (SSSR count). The highest BCUT2D eigenvalue weighted by Crippen LogP contribution is 2.21. The lowest BCUT2D eigenvalue weighted by atomic mass is 10.3. The molecule has 0 aliphatic carbocycles. The van der Waals surface area contributed by atoms with Crippen molar-refractivity contribution in [2.75, 3.05) is 26.2 Å². The summed E-state index contributed by atoms with van der Waals surface area (Å²) in [6.45, 7) is 0.349. The summed E-state index contributed by atoms with van der Waals surface area (Å²) in [7, 11) is -3.99. The van der Waals surface area contributed by atoms with Crippen molar-refractivity contribution in [3.63, 3.8) is 0 Å². The molecule has 31 heavy (non-hydrogen) atoms. The van der Waals surface area contributed by atoms with E-state index in [2.05, 4.69) is 5.10 Å². The number of benzene rings is 2. The lowest BCUT2D eigenvalue weighted by Gasteiger charge is -2.33. The Balaban J connectivity index is 1.44. The summed E-state index contributed by atoms with van der Waals surface area (Å²) < 4.78 is 54.6. The number of amides is 1. The van der Waals surface area contributed by atoms with Gasteiger partial charge < -0.3 is 4.90 Å². The number of hydrogen-bond donors (Lipinski definition) is 0. The van der Waals surface area contributed by atoms with Gasteiger partial charge in [-0.1, -0.05) is 17.7 Å². The van der Waals surface area contributed by atoms with Crippen LogP contribution >= 0.6 is 11.6 Å². The van der Waals surface area contributed by atoms with Crippen LogP contribution in [0.15, 0.2) is 59.6 Å². The van der Waals surface area contributed by atoms with Gasteiger partial charge in [-0.05, 0) is 42.5 Å². The Morgan fingerprint density at radius 1 is 0.968 bits per heavy atom. The Morgan fingerprint density at radius 3 is 2.39 bits per heavy atom. The first-order valence-corrected chi connectivity index (χ1v) is 11.1. The summed E-state index contributed by atoms with van der Waals surface area (Å²) in [4.78, 5) is 14.0. The van der Waals surface area contributed by atoms with E-state index in [1.54, 1.807) is 36.5 Å². The molecule has 1 aromatic heterocycles. The van der Waals surface area contributed by atoms with Crippen molar-refractivity contribution in [3.05, 3.63) is 77.1 Å². The summed E-state index contributed by atoms with van der Waals surface area (Å²) in [5, 5.41) is 4.83. The van der Waals surface area contributed by atoms with Gasteiger partial charge in [0, 0.05) is 37.4 Å². The second-order valence-corrected chi connectivity index (χ2v) is 9.27. The molecule has 0 atom stereocenters. The molecule has 162 valence electrons. The van der Waals surface area contributed by atoms with Crippen LogP contribution in [0.1, 0.15) is 10.5 Å². The van der Waals surface area contributed by atoms with Crippen LogP contribution in [0.5, 0.6) is 0 Å². The normalized spacial score (nSPS) is 15.3. The minimum Gasteiger partial charge on any atom is -0.335 e. The van der Waals surface area contributed by atoms with Crippen LogP contribution in [0.25, 0.3) is 5.69 Å². The van der Waals surface area contributed by atoms with E-state index in [4.69, 9.17) is 11.6 Å². The Labute approximate surface area is 182 Å². The van der Waals surface area contributed by atoms with Crippen LogP contribution in [0, 0.1) is 11.6 Å². The molecule has 0 bridgehead atoms. The number of rotatable bonds is 4. The number of carbonyl (C=O) groups excluding carboxylic acids is 1. The van der Waals surface area contributed by atoms with E-state index in [1.165, 1.54) is 9.58 Å². The Kier molecular flexibility index (Phi) is 5.78. The molecule has 0 saturated carbocycles. The maximum Gasteiger partial charge on any atom is 0.274 e. The fraction of sp³-hybridized carbons (Fsp3) is 0.200. The number of piperazine rings is 1. The smallest absolute Gasteiger partial charge is 0.274 e. The summed E-state index contributed by atoms with van der Waals surface area (Å²) in [6, 6.07) is 11.0. The van der Waals surface area contributed by atoms with E-state index in [9.17, 15) is 22.0 Å². The monoisotopic (exact) mass is 466 g/mol. The molecule has 11 heteroatoms. The molecule has 1 saturated heterocycles. The van der Waals surface area contributed by atoms with Crippen molar-refractivity contribution in [3.8, 4) is 5.69 Å². The van der Waals surface area contributed by atoms with Gasteiger partial charge in [0.15, 0.2) is 17.3 Å². The largest absolute Gasteiger partial charge is 0.335 e. The number of halogens is 3. The summed E-state index contributed by atoms with van der Waals surface area (Å²) in [6.07, 6.45) is 1.64. The Hall–Kier alpha value is -2.82. The summed E-state index contributed by atoms with van der Waals surface area (Å²) in [5.74, 6) is -2.68. The zero-order chi connectivity index (χ0) is 22.2. The molecule has 1 aliphatic rings. The van der Waals surface area contributed by atoms with Crippen LogP contribution in [0.3, 0.4) is 0 Å². The molecule has 0 N–H and O–H groups in total. The SMILES string of the molecule is O=C(c1ccn(-c2cccc(Cl)c2)n1)N1CCN(S(=O)(=O)c2ccc(F)c(F)c2)CC1. The average molecular weight is 467 g/mol. The molecule has 1 aliphatic heterocycles. The minimum atomic E-state index is -3.99. The maximum absolute atomic E-state index is 13.5. The van der Waals surface area contributed by atoms with Crippen LogP contribution in [-0.4, -0.2) is 59.5 Å². The topological polar surface area (TPSA) is 75.5 Å². The van der Waals surface area contributed by atoms with Gasteiger partial charge in [0.2, 0.25) is 10.0 Å². The van der Waals surface area contributed by atoms with Gasteiger partial charge in [0.05, 0.1) is 10.6 Å². The van der Waals surface area contributed by atoms with Gasteiger partial charge in [-0.2, -0.15) is 9.40 Å². The van der Waals surface area contributed by atoms with Gasteiger partial charge in [-0.3, -0.25) is 4.79 Å². The third kappa shape index (κ3) is 4.32. The maximum atomic E-state index is 13.5. The highest BCUT2D eigenvalue weighted by Gasteiger charge is 2.31. The fourth-order valence-corrected chi connectivity index (χ4v) is 4.90. The number of sulfonamides is 1. The second-order valence-electron chi connectivity index (χ2n) is 6.90. The standard InChI is InChI=1S/C20H17ClF2N4O3S/c21-14-2-1-3-15(12-14)27-7-6-19(24-27)20(28)25-8-10-26(11-9-25)31(29,30)16-4-5-17(22)18(23)13-16/h1-7,12-13H,8-11H2. The van der Waals surface area contributed by atoms with Gasteiger partial charge in [-0.25, -0.2) is 21.9 Å². The molecule has 0 spiro atoms. The average Bonchev–Trinajstić information content (AvgIpc) is 3.25. The van der Waals surface area contributed by atoms with Crippen molar-refractivity contribution in [2.24, 2.45) is 0 Å². The predicted molar refractivity (Wildman–Crippen MR) is 110 cm³/mol. The first-order chi connectivity index (χ1) is 14.8. The molecule has 1 amide bonds. The molecule has 2 aromatic carbocycles. The molecule has 3 aromatic rings. The minimum absolute atomic E-state index is 0.0298. The first kappa shape index (κ1) is 21.4. The Morgan fingerprint density at radius 2 is 1.71 bits per heavy atom. The third-order valence-electron chi connectivity index (χ3n) is 4.94. The number of hydrogen-bond acceptors (Lipinski definition) is 4. The van der Waals surface area contributed by atoms with Gasteiger partial charge in [0.1, 0.15) is 0 Å². The molecule has 7 nitrogen and oxygen atoms in total. The lowest BCUT2D eigenvalue weighted by Crippen LogP contribution is -2.50. The van der Waals surface area contributed by atoms with Crippen molar-refractivity contribution in [1.29, 1.82) is 0 Å². The molecular weight excluding hydrogens is 450 g/mol. The number of aromatic nitrogens is 2. The molecule has 2 heterocycles. The van der Waals surface area contributed by atoms with Crippen LogP contribution in [-0.2, 0) is 10.0 Å². The van der Waals surface area contributed by atoms with E-state index in [-0.39, 0.29) is 42.7 Å². The van der Waals surface area contributed by atoms with Gasteiger partial charge >= 0.3 is 0 Å². The summed E-state index contributed by atoms with van der Waals surface area (Å²) >= 11 is 5.99. The zero-order valence-corrected chi connectivity index (χ0v) is 17.7. The van der Waals surface area contributed by atoms with Crippen molar-refractivity contribution in [1.82, 2.24) is 19.0 Å². The van der Waals surface area contributed by atoms with Crippen LogP contribution in [0.2, 0.25) is 5.02 Å².